The van der Waals surface area contributed by atoms with Gasteiger partial charge in [0.25, 0.3) is 0 Å². The number of ketones is 1. The van der Waals surface area contributed by atoms with Gasteiger partial charge in [0, 0.05) is 11.9 Å². The number of nitrogens with zero attached hydrogens (tertiary/aromatic N) is 1. The Hall–Kier alpha value is -1.14. The van der Waals surface area contributed by atoms with Crippen molar-refractivity contribution in [2.24, 2.45) is 0 Å². The molecule has 0 spiro atoms. The molecule has 0 amide bonds. The zero-order valence-corrected chi connectivity index (χ0v) is 10.9. The standard InChI is InChI=1S/C12H13F3N2O.ClH/c13-12(14,15)8-3-4-9(17-7-8)6-11(18)10-2-1-5-16-10;/h3-4,7,10,16H,1-2,5-6H2;1H/t10-;/m0./s1. The number of nitrogens with one attached hydrogen (secondary N) is 1. The average Bonchev–Trinajstić information content (AvgIpc) is 2.82. The Morgan fingerprint density at radius 3 is 2.63 bits per heavy atom. The first-order chi connectivity index (χ1) is 8.47. The molecule has 1 aromatic heterocycles. The van der Waals surface area contributed by atoms with Gasteiger partial charge in [0.05, 0.1) is 18.0 Å². The van der Waals surface area contributed by atoms with Crippen molar-refractivity contribution in [3.8, 4) is 0 Å². The molecular formula is C12H14ClF3N2O. The number of carbonyl (C=O) groups is 1. The lowest BCUT2D eigenvalue weighted by atomic mass is 10.1. The fraction of sp³-hybridized carbons (Fsp3) is 0.500. The SMILES string of the molecule is Cl.O=C(Cc1ccc(C(F)(F)F)cn1)[C@@H]1CCCN1. The molecule has 1 aliphatic rings. The molecule has 0 radical (unpaired) electrons. The van der Waals surface area contributed by atoms with Crippen molar-refractivity contribution in [3.05, 3.63) is 29.6 Å². The second kappa shape index (κ2) is 6.34. The molecule has 19 heavy (non-hydrogen) atoms. The molecule has 0 saturated carbocycles. The van der Waals surface area contributed by atoms with E-state index in [2.05, 4.69) is 10.3 Å². The third kappa shape index (κ3) is 4.18. The number of rotatable bonds is 3. The third-order valence-electron chi connectivity index (χ3n) is 2.96. The maximum absolute atomic E-state index is 12.3. The van der Waals surface area contributed by atoms with Gasteiger partial charge in [-0.25, -0.2) is 0 Å². The highest BCUT2D eigenvalue weighted by Gasteiger charge is 2.30. The van der Waals surface area contributed by atoms with Crippen molar-refractivity contribution in [1.82, 2.24) is 10.3 Å². The van der Waals surface area contributed by atoms with Crippen molar-refractivity contribution < 1.29 is 18.0 Å². The summed E-state index contributed by atoms with van der Waals surface area (Å²) in [5.41, 5.74) is -0.417. The number of aromatic nitrogens is 1. The first-order valence-corrected chi connectivity index (χ1v) is 5.75. The van der Waals surface area contributed by atoms with Crippen LogP contribution in [0.5, 0.6) is 0 Å². The molecule has 106 valence electrons. The van der Waals surface area contributed by atoms with Gasteiger partial charge in [-0.2, -0.15) is 13.2 Å². The van der Waals surface area contributed by atoms with E-state index < -0.39 is 11.7 Å². The largest absolute Gasteiger partial charge is 0.417 e. The minimum atomic E-state index is -4.39. The Labute approximate surface area is 115 Å². The van der Waals surface area contributed by atoms with E-state index in [9.17, 15) is 18.0 Å². The fourth-order valence-corrected chi connectivity index (χ4v) is 1.96. The second-order valence-corrected chi connectivity index (χ2v) is 4.33. The van der Waals surface area contributed by atoms with Crippen LogP contribution < -0.4 is 5.32 Å². The van der Waals surface area contributed by atoms with Gasteiger partial charge in [0.1, 0.15) is 0 Å². The van der Waals surface area contributed by atoms with Gasteiger partial charge in [0.2, 0.25) is 0 Å². The number of Topliss-reactive ketones (excluding diaryl/α,β-unsaturated/α-hetero) is 1. The fourth-order valence-electron chi connectivity index (χ4n) is 1.96. The summed E-state index contributed by atoms with van der Waals surface area (Å²) >= 11 is 0. The highest BCUT2D eigenvalue weighted by Crippen LogP contribution is 2.28. The van der Waals surface area contributed by atoms with E-state index in [4.69, 9.17) is 0 Å². The molecule has 0 unspecified atom stereocenters. The number of pyridine rings is 1. The zero-order chi connectivity index (χ0) is 13.2. The number of halogens is 4. The maximum atomic E-state index is 12.3. The highest BCUT2D eigenvalue weighted by atomic mass is 35.5. The van der Waals surface area contributed by atoms with E-state index in [1.54, 1.807) is 0 Å². The second-order valence-electron chi connectivity index (χ2n) is 4.33. The lowest BCUT2D eigenvalue weighted by Gasteiger charge is -2.09. The molecule has 1 N–H and O–H groups in total. The molecule has 0 aromatic carbocycles. The van der Waals surface area contributed by atoms with Crippen molar-refractivity contribution in [2.45, 2.75) is 31.5 Å². The molecule has 3 nitrogen and oxygen atoms in total. The van der Waals surface area contributed by atoms with Gasteiger partial charge in [0.15, 0.2) is 5.78 Å². The number of hydrogen-bond acceptors (Lipinski definition) is 3. The van der Waals surface area contributed by atoms with E-state index in [0.717, 1.165) is 31.6 Å². The Morgan fingerprint density at radius 2 is 2.16 bits per heavy atom. The van der Waals surface area contributed by atoms with Crippen molar-refractivity contribution in [3.63, 3.8) is 0 Å². The molecule has 1 saturated heterocycles. The number of hydrogen-bond donors (Lipinski definition) is 1. The van der Waals surface area contributed by atoms with Crippen LogP contribution in [0.3, 0.4) is 0 Å². The van der Waals surface area contributed by atoms with Gasteiger partial charge in [-0.1, -0.05) is 0 Å². The Morgan fingerprint density at radius 1 is 1.42 bits per heavy atom. The first kappa shape index (κ1) is 15.9. The Balaban J connectivity index is 0.00000180. The van der Waals surface area contributed by atoms with Crippen LogP contribution in [0.4, 0.5) is 13.2 Å². The summed E-state index contributed by atoms with van der Waals surface area (Å²) in [6.45, 7) is 0.816. The maximum Gasteiger partial charge on any atom is 0.417 e. The summed E-state index contributed by atoms with van der Waals surface area (Å²) < 4.78 is 36.9. The van der Waals surface area contributed by atoms with E-state index in [1.807, 2.05) is 0 Å². The summed E-state index contributed by atoms with van der Waals surface area (Å²) in [6.07, 6.45) is -1.79. The van der Waals surface area contributed by atoms with Gasteiger partial charge in [-0.15, -0.1) is 12.4 Å². The quantitative estimate of drug-likeness (QED) is 0.931. The molecule has 0 aliphatic carbocycles. The third-order valence-corrected chi connectivity index (χ3v) is 2.96. The van der Waals surface area contributed by atoms with Crippen LogP contribution in [-0.2, 0) is 17.4 Å². The molecule has 1 aromatic rings. The molecule has 1 fully saturated rings. The minimum Gasteiger partial charge on any atom is -0.307 e. The number of alkyl halides is 3. The summed E-state index contributed by atoms with van der Waals surface area (Å²) in [6, 6.07) is 2.04. The van der Waals surface area contributed by atoms with E-state index in [0.29, 0.717) is 5.69 Å². The van der Waals surface area contributed by atoms with Crippen molar-refractivity contribution >= 4 is 18.2 Å². The molecule has 2 rings (SSSR count). The van der Waals surface area contributed by atoms with E-state index in [-0.39, 0.29) is 30.7 Å². The van der Waals surface area contributed by atoms with Crippen molar-refractivity contribution in [2.75, 3.05) is 6.54 Å². The van der Waals surface area contributed by atoms with Gasteiger partial charge >= 0.3 is 6.18 Å². The average molecular weight is 295 g/mol. The lowest BCUT2D eigenvalue weighted by molar-refractivity contribution is -0.137. The van der Waals surface area contributed by atoms with Crippen LogP contribution in [0, 0.1) is 0 Å². The molecular weight excluding hydrogens is 281 g/mol. The number of carbonyl (C=O) groups excluding carboxylic acids is 1. The van der Waals surface area contributed by atoms with E-state index >= 15 is 0 Å². The molecule has 1 aliphatic heterocycles. The normalized spacial score (nSPS) is 19.0. The smallest absolute Gasteiger partial charge is 0.307 e. The van der Waals surface area contributed by atoms with Gasteiger partial charge in [-0.3, -0.25) is 9.78 Å². The van der Waals surface area contributed by atoms with Crippen LogP contribution in [0.2, 0.25) is 0 Å². The van der Waals surface area contributed by atoms with Crippen LogP contribution in [0.1, 0.15) is 24.1 Å². The Kier molecular flexibility index (Phi) is 5.31. The molecule has 0 bridgehead atoms. The minimum absolute atomic E-state index is 0. The highest BCUT2D eigenvalue weighted by molar-refractivity contribution is 5.86. The predicted molar refractivity (Wildman–Crippen MR) is 66.2 cm³/mol. The first-order valence-electron chi connectivity index (χ1n) is 5.75. The summed E-state index contributed by atoms with van der Waals surface area (Å²) in [5, 5.41) is 3.05. The summed E-state index contributed by atoms with van der Waals surface area (Å²) in [5.74, 6) is -0.0141. The van der Waals surface area contributed by atoms with Gasteiger partial charge in [-0.05, 0) is 31.5 Å². The monoisotopic (exact) mass is 294 g/mol. The predicted octanol–water partition coefficient (Wildman–Crippen LogP) is 2.39. The molecule has 1 atom stereocenters. The summed E-state index contributed by atoms with van der Waals surface area (Å²) in [4.78, 5) is 15.5. The van der Waals surface area contributed by atoms with Gasteiger partial charge < -0.3 is 5.32 Å². The zero-order valence-electron chi connectivity index (χ0n) is 10.0. The van der Waals surface area contributed by atoms with Crippen LogP contribution in [-0.4, -0.2) is 23.4 Å². The van der Waals surface area contributed by atoms with Crippen molar-refractivity contribution in [1.29, 1.82) is 0 Å². The van der Waals surface area contributed by atoms with Crippen LogP contribution >= 0.6 is 12.4 Å². The van der Waals surface area contributed by atoms with E-state index in [1.165, 1.54) is 6.07 Å². The lowest BCUT2D eigenvalue weighted by Crippen LogP contribution is -2.32. The Bertz CT molecular complexity index is 428. The molecule has 7 heteroatoms. The van der Waals surface area contributed by atoms with Crippen LogP contribution in [0.15, 0.2) is 18.3 Å². The topological polar surface area (TPSA) is 42.0 Å². The van der Waals surface area contributed by atoms with Crippen LogP contribution in [0.25, 0.3) is 0 Å². The molecule has 2 heterocycles. The summed E-state index contributed by atoms with van der Waals surface area (Å²) in [7, 11) is 0.